The first-order chi connectivity index (χ1) is 21.9. The van der Waals surface area contributed by atoms with Crippen molar-refractivity contribution in [3.8, 4) is 11.1 Å². The number of aromatic nitrogens is 2. The van der Waals surface area contributed by atoms with Crippen molar-refractivity contribution in [2.75, 3.05) is 30.7 Å². The van der Waals surface area contributed by atoms with Crippen LogP contribution in [0.15, 0.2) is 72.0 Å². The molecule has 3 heterocycles. The van der Waals surface area contributed by atoms with E-state index in [0.29, 0.717) is 13.1 Å². The van der Waals surface area contributed by atoms with E-state index in [4.69, 9.17) is 11.5 Å². The van der Waals surface area contributed by atoms with Gasteiger partial charge in [0.15, 0.2) is 0 Å². The molecular formula is C31H31F4N7O3S. The van der Waals surface area contributed by atoms with Crippen LogP contribution >= 0.6 is 0 Å². The molecule has 242 valence electrons. The average Bonchev–Trinajstić information content (AvgIpc) is 3.01. The number of piperazine rings is 1. The molecule has 5 rings (SSSR count). The Morgan fingerprint density at radius 3 is 2.41 bits per heavy atom. The van der Waals surface area contributed by atoms with Crippen molar-refractivity contribution in [2.45, 2.75) is 36.2 Å². The smallest absolute Gasteiger partial charge is 0.244 e. The molecular weight excluding hydrogens is 626 g/mol. The lowest BCUT2D eigenvalue weighted by atomic mass is 9.99. The minimum atomic E-state index is -3.92. The third-order valence-corrected chi connectivity index (χ3v) is 9.61. The molecule has 0 radical (unpaired) electrons. The number of pyridine rings is 2. The maximum Gasteiger partial charge on any atom is 0.244 e. The van der Waals surface area contributed by atoms with Crippen LogP contribution in [0.5, 0.6) is 0 Å². The second-order valence-corrected chi connectivity index (χ2v) is 12.7. The Balaban J connectivity index is 1.27. The summed E-state index contributed by atoms with van der Waals surface area (Å²) in [7, 11) is -3.92. The summed E-state index contributed by atoms with van der Waals surface area (Å²) in [5, 5.41) is 5.70. The Morgan fingerprint density at radius 2 is 1.74 bits per heavy atom. The van der Waals surface area contributed by atoms with E-state index < -0.39 is 51.3 Å². The Kier molecular flexibility index (Phi) is 9.96. The van der Waals surface area contributed by atoms with Gasteiger partial charge in [-0.3, -0.25) is 9.78 Å². The highest BCUT2D eigenvalue weighted by atomic mass is 32.2. The molecule has 1 fully saturated rings. The Morgan fingerprint density at radius 1 is 1.02 bits per heavy atom. The Bertz CT molecular complexity index is 1800. The number of nitrogens with zero attached hydrogens (tertiary/aromatic N) is 3. The van der Waals surface area contributed by atoms with Crippen molar-refractivity contribution in [1.82, 2.24) is 19.6 Å². The minimum Gasteiger partial charge on any atom is -0.384 e. The molecule has 1 aliphatic rings. The van der Waals surface area contributed by atoms with Gasteiger partial charge < -0.3 is 22.1 Å². The molecule has 0 unspecified atom stereocenters. The molecule has 0 saturated carbocycles. The number of hydrogen-bond acceptors (Lipinski definition) is 8. The van der Waals surface area contributed by atoms with E-state index in [1.165, 1.54) is 41.0 Å². The number of anilines is 2. The van der Waals surface area contributed by atoms with Crippen LogP contribution < -0.4 is 22.1 Å². The molecule has 0 spiro atoms. The highest BCUT2D eigenvalue weighted by Crippen LogP contribution is 2.29. The van der Waals surface area contributed by atoms with Crippen LogP contribution in [-0.2, 0) is 27.7 Å². The zero-order valence-corrected chi connectivity index (χ0v) is 25.2. The molecule has 2 aromatic heterocycles. The first kappa shape index (κ1) is 32.9. The van der Waals surface area contributed by atoms with Gasteiger partial charge in [-0.15, -0.1) is 0 Å². The van der Waals surface area contributed by atoms with Gasteiger partial charge in [0, 0.05) is 37.4 Å². The fourth-order valence-electron chi connectivity index (χ4n) is 5.33. The molecule has 10 nitrogen and oxygen atoms in total. The van der Waals surface area contributed by atoms with Gasteiger partial charge in [0.25, 0.3) is 0 Å². The van der Waals surface area contributed by atoms with Gasteiger partial charge in [0.2, 0.25) is 15.9 Å². The van der Waals surface area contributed by atoms with Gasteiger partial charge >= 0.3 is 0 Å². The van der Waals surface area contributed by atoms with E-state index in [9.17, 15) is 26.4 Å². The standard InChI is InChI=1S/C31H31F4N7O3S/c32-20-3-1-19(2-4-20)30-24(33)11-18(12-25(30)34)13-27(36)31(43)41-28-17-39-16-26(35)23(28)7-5-21-14-38-9-10-42(21)46(44,45)22-6-8-29(37)40-15-22/h1-4,6,8,11-12,15-17,21,27,38H,5,7,9-10,13-14,36H2,(H2,37,40)(H,41,43)/t21-,27-/m0/s1. The van der Waals surface area contributed by atoms with Crippen LogP contribution in [-0.4, -0.2) is 60.3 Å². The number of amides is 1. The number of hydrogen-bond donors (Lipinski definition) is 4. The molecule has 2 aromatic carbocycles. The largest absolute Gasteiger partial charge is 0.384 e. The van der Waals surface area contributed by atoms with E-state index in [1.54, 1.807) is 0 Å². The molecule has 46 heavy (non-hydrogen) atoms. The first-order valence-corrected chi connectivity index (χ1v) is 15.7. The summed E-state index contributed by atoms with van der Waals surface area (Å²) in [5.41, 5.74) is 11.7. The Hall–Kier alpha value is -4.44. The summed E-state index contributed by atoms with van der Waals surface area (Å²) in [6.45, 7) is 0.915. The number of sulfonamides is 1. The number of benzene rings is 2. The zero-order chi connectivity index (χ0) is 33.0. The number of rotatable bonds is 10. The van der Waals surface area contributed by atoms with Gasteiger partial charge in [-0.2, -0.15) is 4.31 Å². The van der Waals surface area contributed by atoms with Gasteiger partial charge in [-0.1, -0.05) is 12.1 Å². The highest BCUT2D eigenvalue weighted by molar-refractivity contribution is 7.89. The first-order valence-electron chi connectivity index (χ1n) is 14.3. The van der Waals surface area contributed by atoms with Gasteiger partial charge in [0.05, 0.1) is 29.7 Å². The van der Waals surface area contributed by atoms with Crippen LogP contribution in [0.3, 0.4) is 0 Å². The van der Waals surface area contributed by atoms with E-state index in [0.717, 1.165) is 30.5 Å². The monoisotopic (exact) mass is 657 g/mol. The van der Waals surface area contributed by atoms with E-state index in [2.05, 4.69) is 20.6 Å². The van der Waals surface area contributed by atoms with Crippen molar-refractivity contribution in [2.24, 2.45) is 5.73 Å². The molecule has 15 heteroatoms. The molecule has 6 N–H and O–H groups in total. The van der Waals surface area contributed by atoms with Gasteiger partial charge in [-0.05, 0) is 66.8 Å². The third-order valence-electron chi connectivity index (χ3n) is 7.68. The fourth-order valence-corrected chi connectivity index (χ4v) is 6.93. The fraction of sp³-hybridized carbons (Fsp3) is 0.258. The number of nitrogen functional groups attached to an aromatic ring is 1. The predicted octanol–water partition coefficient (Wildman–Crippen LogP) is 3.39. The van der Waals surface area contributed by atoms with Crippen molar-refractivity contribution < 1.29 is 30.8 Å². The third kappa shape index (κ3) is 7.33. The van der Waals surface area contributed by atoms with Crippen LogP contribution in [0, 0.1) is 23.3 Å². The van der Waals surface area contributed by atoms with Gasteiger partial charge in [0.1, 0.15) is 34.0 Å². The quantitative estimate of drug-likeness (QED) is 0.189. The second kappa shape index (κ2) is 13.9. The van der Waals surface area contributed by atoms with E-state index >= 15 is 4.39 Å². The van der Waals surface area contributed by atoms with Crippen molar-refractivity contribution in [3.05, 3.63) is 102 Å². The topological polar surface area (TPSA) is 156 Å². The highest BCUT2D eigenvalue weighted by Gasteiger charge is 2.34. The maximum absolute atomic E-state index is 15.0. The molecule has 2 atom stereocenters. The lowest BCUT2D eigenvalue weighted by Gasteiger charge is -2.35. The number of carbonyl (C=O) groups excluding carboxylic acids is 1. The maximum atomic E-state index is 15.0. The summed E-state index contributed by atoms with van der Waals surface area (Å²) < 4.78 is 86.1. The van der Waals surface area contributed by atoms with Crippen LogP contribution in [0.1, 0.15) is 17.5 Å². The lowest BCUT2D eigenvalue weighted by molar-refractivity contribution is -0.117. The average molecular weight is 658 g/mol. The summed E-state index contributed by atoms with van der Waals surface area (Å²) in [6.07, 6.45) is 3.40. The normalized spacial score (nSPS) is 16.2. The summed E-state index contributed by atoms with van der Waals surface area (Å²) >= 11 is 0. The van der Waals surface area contributed by atoms with Crippen molar-refractivity contribution in [3.63, 3.8) is 0 Å². The van der Waals surface area contributed by atoms with Crippen LogP contribution in [0.2, 0.25) is 0 Å². The summed E-state index contributed by atoms with van der Waals surface area (Å²) in [4.78, 5) is 20.7. The number of nitrogens with two attached hydrogens (primary N) is 2. The number of nitrogens with one attached hydrogen (secondary N) is 2. The predicted molar refractivity (Wildman–Crippen MR) is 164 cm³/mol. The van der Waals surface area contributed by atoms with E-state index in [-0.39, 0.29) is 64.5 Å². The molecule has 0 bridgehead atoms. The van der Waals surface area contributed by atoms with Crippen molar-refractivity contribution >= 4 is 27.4 Å². The Labute approximate surface area is 262 Å². The number of halogens is 4. The summed E-state index contributed by atoms with van der Waals surface area (Å²) in [5.74, 6) is -3.66. The van der Waals surface area contributed by atoms with Crippen LogP contribution in [0.25, 0.3) is 11.1 Å². The molecule has 1 saturated heterocycles. The second-order valence-electron chi connectivity index (χ2n) is 10.8. The van der Waals surface area contributed by atoms with Crippen molar-refractivity contribution in [1.29, 1.82) is 0 Å². The van der Waals surface area contributed by atoms with E-state index in [1.807, 2.05) is 0 Å². The zero-order valence-electron chi connectivity index (χ0n) is 24.4. The molecule has 1 aliphatic heterocycles. The summed E-state index contributed by atoms with van der Waals surface area (Å²) in [6, 6.07) is 7.71. The molecule has 4 aromatic rings. The molecule has 1 amide bonds. The van der Waals surface area contributed by atoms with Crippen LogP contribution in [0.4, 0.5) is 29.1 Å². The molecule has 0 aliphatic carbocycles. The number of carbonyl (C=O) groups is 1. The van der Waals surface area contributed by atoms with Gasteiger partial charge in [-0.25, -0.2) is 31.0 Å². The lowest BCUT2D eigenvalue weighted by Crippen LogP contribution is -2.53. The minimum absolute atomic E-state index is 0.0181. The SMILES string of the molecule is Nc1ccc(S(=O)(=O)N2CCNC[C@@H]2CCc2c(F)cncc2NC(=O)[C@@H](N)Cc2cc(F)c(-c3ccc(F)cc3)c(F)c2)cn1.